The van der Waals surface area contributed by atoms with Crippen LogP contribution >= 0.6 is 0 Å². The zero-order valence-corrected chi connectivity index (χ0v) is 14.8. The summed E-state index contributed by atoms with van der Waals surface area (Å²) in [4.78, 5) is 17.7. The summed E-state index contributed by atoms with van der Waals surface area (Å²) in [6.45, 7) is 1.53. The highest BCUT2D eigenvalue weighted by Gasteiger charge is 2.41. The van der Waals surface area contributed by atoms with E-state index in [0.29, 0.717) is 32.6 Å². The largest absolute Gasteiger partial charge is 0.381 e. The maximum absolute atomic E-state index is 13.3. The molecule has 4 nitrogen and oxygen atoms in total. The maximum Gasteiger partial charge on any atom is 0.231 e. The molecule has 0 radical (unpaired) electrons. The van der Waals surface area contributed by atoms with Gasteiger partial charge in [0.1, 0.15) is 5.82 Å². The van der Waals surface area contributed by atoms with Gasteiger partial charge in [0, 0.05) is 31.6 Å². The van der Waals surface area contributed by atoms with Crippen LogP contribution in [0.1, 0.15) is 41.6 Å². The molecule has 136 valence electrons. The van der Waals surface area contributed by atoms with Gasteiger partial charge < -0.3 is 10.1 Å². The maximum atomic E-state index is 13.3. The SMILES string of the molecule is O=C(NCc1cnc2c(c1)CCC2)C1(c2ccc(F)cc2)CCOCC1. The lowest BCUT2D eigenvalue weighted by Gasteiger charge is -2.36. The molecule has 1 saturated heterocycles. The van der Waals surface area contributed by atoms with Gasteiger partial charge in [-0.3, -0.25) is 9.78 Å². The Hall–Kier alpha value is -2.27. The molecule has 1 aliphatic heterocycles. The summed E-state index contributed by atoms with van der Waals surface area (Å²) < 4.78 is 18.8. The van der Waals surface area contributed by atoms with Crippen LogP contribution in [0.2, 0.25) is 0 Å². The fraction of sp³-hybridized carbons (Fsp3) is 0.429. The number of ether oxygens (including phenoxy) is 1. The first-order chi connectivity index (χ1) is 12.7. The number of pyridine rings is 1. The molecule has 4 rings (SSSR count). The lowest BCUT2D eigenvalue weighted by molar-refractivity contribution is -0.130. The van der Waals surface area contributed by atoms with Crippen LogP contribution in [0, 0.1) is 5.82 Å². The summed E-state index contributed by atoms with van der Waals surface area (Å²) in [5.74, 6) is -0.312. The van der Waals surface area contributed by atoms with Gasteiger partial charge >= 0.3 is 0 Å². The van der Waals surface area contributed by atoms with Crippen molar-refractivity contribution in [3.05, 3.63) is 64.7 Å². The third-order valence-electron chi connectivity index (χ3n) is 5.61. The third-order valence-corrected chi connectivity index (χ3v) is 5.61. The van der Waals surface area contributed by atoms with Crippen LogP contribution in [-0.4, -0.2) is 24.1 Å². The lowest BCUT2D eigenvalue weighted by atomic mass is 9.73. The van der Waals surface area contributed by atoms with Crippen molar-refractivity contribution in [2.75, 3.05) is 13.2 Å². The molecule has 1 N–H and O–H groups in total. The number of hydrogen-bond acceptors (Lipinski definition) is 3. The number of amides is 1. The van der Waals surface area contributed by atoms with Crippen LogP contribution in [0.3, 0.4) is 0 Å². The Morgan fingerprint density at radius 3 is 2.73 bits per heavy atom. The molecule has 1 aromatic heterocycles. The molecular formula is C21H23FN2O2. The number of rotatable bonds is 4. The summed E-state index contributed by atoms with van der Waals surface area (Å²) in [5, 5.41) is 3.09. The number of carbonyl (C=O) groups is 1. The van der Waals surface area contributed by atoms with Crippen LogP contribution in [0.5, 0.6) is 0 Å². The highest BCUT2D eigenvalue weighted by molar-refractivity contribution is 5.88. The lowest BCUT2D eigenvalue weighted by Crippen LogP contribution is -2.47. The van der Waals surface area contributed by atoms with E-state index >= 15 is 0 Å². The summed E-state index contributed by atoms with van der Waals surface area (Å²) in [7, 11) is 0. The fourth-order valence-corrected chi connectivity index (χ4v) is 4.06. The van der Waals surface area contributed by atoms with Crippen molar-refractivity contribution in [1.82, 2.24) is 10.3 Å². The second-order valence-electron chi connectivity index (χ2n) is 7.19. The van der Waals surface area contributed by atoms with Gasteiger partial charge in [-0.05, 0) is 60.9 Å². The number of fused-ring (bicyclic) bond motifs is 1. The first-order valence-electron chi connectivity index (χ1n) is 9.26. The van der Waals surface area contributed by atoms with Gasteiger partial charge in [0.05, 0.1) is 5.41 Å². The van der Waals surface area contributed by atoms with E-state index in [1.807, 2.05) is 6.20 Å². The van der Waals surface area contributed by atoms with Crippen LogP contribution in [0.15, 0.2) is 36.5 Å². The number of carbonyl (C=O) groups excluding carboxylic acids is 1. The Labute approximate surface area is 152 Å². The summed E-state index contributed by atoms with van der Waals surface area (Å²) in [6.07, 6.45) is 6.35. The molecular weight excluding hydrogens is 331 g/mol. The number of benzene rings is 1. The van der Waals surface area contributed by atoms with Gasteiger partial charge in [-0.2, -0.15) is 0 Å². The van der Waals surface area contributed by atoms with Gasteiger partial charge in [0.15, 0.2) is 0 Å². The highest BCUT2D eigenvalue weighted by Crippen LogP contribution is 2.35. The molecule has 5 heteroatoms. The molecule has 0 saturated carbocycles. The van der Waals surface area contributed by atoms with E-state index in [1.165, 1.54) is 23.4 Å². The standard InChI is InChI=1S/C21H23FN2O2/c22-18-6-4-17(5-7-18)21(8-10-26-11-9-21)20(25)24-14-15-12-16-2-1-3-19(16)23-13-15/h4-7,12-13H,1-3,8-11,14H2,(H,24,25). The molecule has 0 atom stereocenters. The Bertz CT molecular complexity index is 798. The minimum atomic E-state index is -0.657. The van der Waals surface area contributed by atoms with Crippen LogP contribution < -0.4 is 5.32 Å². The van der Waals surface area contributed by atoms with E-state index in [9.17, 15) is 9.18 Å². The van der Waals surface area contributed by atoms with Crippen LogP contribution in [-0.2, 0) is 34.3 Å². The molecule has 1 fully saturated rings. The van der Waals surface area contributed by atoms with Gasteiger partial charge in [0.25, 0.3) is 0 Å². The quantitative estimate of drug-likeness (QED) is 0.918. The number of nitrogens with zero attached hydrogens (tertiary/aromatic N) is 1. The summed E-state index contributed by atoms with van der Waals surface area (Å²) in [5.41, 5.74) is 3.71. The average Bonchev–Trinajstić information content (AvgIpc) is 3.15. The molecule has 1 aromatic carbocycles. The van der Waals surface area contributed by atoms with Gasteiger partial charge in [-0.1, -0.05) is 18.2 Å². The zero-order valence-electron chi connectivity index (χ0n) is 14.8. The van der Waals surface area contributed by atoms with Crippen molar-refractivity contribution < 1.29 is 13.9 Å². The molecule has 0 spiro atoms. The molecule has 2 aliphatic rings. The topological polar surface area (TPSA) is 51.2 Å². The Morgan fingerprint density at radius 2 is 1.96 bits per heavy atom. The first-order valence-corrected chi connectivity index (χ1v) is 9.26. The van der Waals surface area contributed by atoms with Crippen molar-refractivity contribution in [2.45, 2.75) is 44.1 Å². The molecule has 0 bridgehead atoms. The minimum absolute atomic E-state index is 0.0205. The monoisotopic (exact) mass is 354 g/mol. The average molecular weight is 354 g/mol. The van der Waals surface area contributed by atoms with Crippen molar-refractivity contribution in [3.8, 4) is 0 Å². The van der Waals surface area contributed by atoms with Crippen molar-refractivity contribution >= 4 is 5.91 Å². The third kappa shape index (κ3) is 3.23. The van der Waals surface area contributed by atoms with Crippen LogP contribution in [0.25, 0.3) is 0 Å². The van der Waals surface area contributed by atoms with Crippen molar-refractivity contribution in [2.24, 2.45) is 0 Å². The van der Waals surface area contributed by atoms with E-state index in [1.54, 1.807) is 12.1 Å². The Morgan fingerprint density at radius 1 is 1.19 bits per heavy atom. The molecule has 1 amide bonds. The molecule has 1 aliphatic carbocycles. The van der Waals surface area contributed by atoms with Gasteiger partial charge in [-0.25, -0.2) is 4.39 Å². The number of nitrogens with one attached hydrogen (secondary N) is 1. The van der Waals surface area contributed by atoms with Crippen LogP contribution in [0.4, 0.5) is 4.39 Å². The van der Waals surface area contributed by atoms with E-state index in [0.717, 1.165) is 30.4 Å². The Balaban J connectivity index is 1.52. The summed E-state index contributed by atoms with van der Waals surface area (Å²) in [6, 6.07) is 8.44. The van der Waals surface area contributed by atoms with E-state index in [4.69, 9.17) is 4.74 Å². The summed E-state index contributed by atoms with van der Waals surface area (Å²) >= 11 is 0. The van der Waals surface area contributed by atoms with E-state index in [-0.39, 0.29) is 11.7 Å². The van der Waals surface area contributed by atoms with Gasteiger partial charge in [0.2, 0.25) is 5.91 Å². The second-order valence-corrected chi connectivity index (χ2v) is 7.19. The normalized spacial score (nSPS) is 18.3. The molecule has 2 aromatic rings. The smallest absolute Gasteiger partial charge is 0.231 e. The predicted molar refractivity (Wildman–Crippen MR) is 96.2 cm³/mol. The fourth-order valence-electron chi connectivity index (χ4n) is 4.06. The number of hydrogen-bond donors (Lipinski definition) is 1. The zero-order chi connectivity index (χ0) is 18.0. The van der Waals surface area contributed by atoms with Crippen molar-refractivity contribution in [3.63, 3.8) is 0 Å². The number of halogens is 1. The number of aryl methyl sites for hydroxylation is 2. The number of aromatic nitrogens is 1. The molecule has 26 heavy (non-hydrogen) atoms. The minimum Gasteiger partial charge on any atom is -0.381 e. The van der Waals surface area contributed by atoms with E-state index in [2.05, 4.69) is 16.4 Å². The van der Waals surface area contributed by atoms with Crippen molar-refractivity contribution in [1.29, 1.82) is 0 Å². The highest BCUT2D eigenvalue weighted by atomic mass is 19.1. The van der Waals surface area contributed by atoms with E-state index < -0.39 is 5.41 Å². The second kappa shape index (κ2) is 7.16. The predicted octanol–water partition coefficient (Wildman–Crippen LogP) is 3.07. The van der Waals surface area contributed by atoms with Gasteiger partial charge in [-0.15, -0.1) is 0 Å². The molecule has 2 heterocycles. The first kappa shape index (κ1) is 17.2. The molecule has 0 unspecified atom stereocenters. The Kier molecular flexibility index (Phi) is 4.72.